The minimum Gasteiger partial charge on any atom is -0.457 e. The van der Waals surface area contributed by atoms with Crippen LogP contribution in [-0.4, -0.2) is 100 Å². The number of carbonyl (C=O) groups excluding carboxylic acids is 4. The number of hydrogen-bond acceptors (Lipinski definition) is 12. The van der Waals surface area contributed by atoms with E-state index in [2.05, 4.69) is 5.32 Å². The number of aliphatic hydroxyl groups is 3. The molecule has 5 rings (SSSR count). The summed E-state index contributed by atoms with van der Waals surface area (Å²) in [5.74, 6) is -4.90. The molecule has 47 heavy (non-hydrogen) atoms. The van der Waals surface area contributed by atoms with Crippen LogP contribution in [0.1, 0.15) is 71.7 Å². The van der Waals surface area contributed by atoms with Crippen LogP contribution in [0, 0.1) is 22.7 Å². The van der Waals surface area contributed by atoms with Gasteiger partial charge < -0.3 is 39.6 Å². The second-order valence-corrected chi connectivity index (χ2v) is 14.5. The molecule has 1 saturated heterocycles. The monoisotopic (exact) mass is 657 g/mol. The molecular formula is C35H47NO11. The third-order valence-corrected chi connectivity index (χ3v) is 11.8. The van der Waals surface area contributed by atoms with Crippen LogP contribution in [0.4, 0.5) is 0 Å². The lowest BCUT2D eigenvalue weighted by Crippen LogP contribution is -2.81. The first kappa shape index (κ1) is 35.2. The van der Waals surface area contributed by atoms with Gasteiger partial charge >= 0.3 is 17.9 Å². The molecule has 1 aromatic rings. The van der Waals surface area contributed by atoms with Crippen LogP contribution < -0.4 is 5.32 Å². The van der Waals surface area contributed by atoms with Crippen molar-refractivity contribution in [1.82, 2.24) is 5.32 Å². The topological polar surface area (TPSA) is 178 Å². The SMILES string of the molecule is CN[C@@H](C)[C@@H](C)C(=O)O[C@H]1C[C@@]2(O)[C@@H](OC(=O)c3ccccc3)C3[C@@]4(OC(C)=O)CO[C@@H]4C[C@H](O)[C@@]3(C)C(=O)[C@H](O)C(=C1C)C2(C)C. The molecule has 1 heterocycles. The van der Waals surface area contributed by atoms with Crippen molar-refractivity contribution in [2.24, 2.45) is 22.7 Å². The quantitative estimate of drug-likeness (QED) is 0.190. The molecule has 4 aliphatic rings. The summed E-state index contributed by atoms with van der Waals surface area (Å²) < 4.78 is 24.1. The highest BCUT2D eigenvalue weighted by molar-refractivity contribution is 5.94. The number of fused-ring (bicyclic) bond motifs is 5. The van der Waals surface area contributed by atoms with Crippen LogP contribution >= 0.6 is 0 Å². The summed E-state index contributed by atoms with van der Waals surface area (Å²) >= 11 is 0. The molecule has 3 fully saturated rings. The fourth-order valence-corrected chi connectivity index (χ4v) is 8.48. The fourth-order valence-electron chi connectivity index (χ4n) is 8.48. The van der Waals surface area contributed by atoms with Crippen molar-refractivity contribution in [2.75, 3.05) is 13.7 Å². The predicted molar refractivity (Wildman–Crippen MR) is 167 cm³/mol. The largest absolute Gasteiger partial charge is 0.457 e. The maximum Gasteiger partial charge on any atom is 0.338 e. The number of ketones is 1. The van der Waals surface area contributed by atoms with Crippen LogP contribution in [0.5, 0.6) is 0 Å². The molecule has 12 nitrogen and oxygen atoms in total. The van der Waals surface area contributed by atoms with Crippen molar-refractivity contribution >= 4 is 23.7 Å². The summed E-state index contributed by atoms with van der Waals surface area (Å²) in [5, 5.41) is 39.9. The van der Waals surface area contributed by atoms with Gasteiger partial charge in [0.25, 0.3) is 0 Å². The van der Waals surface area contributed by atoms with Gasteiger partial charge in [0, 0.05) is 31.2 Å². The summed E-state index contributed by atoms with van der Waals surface area (Å²) in [5.41, 5.74) is -6.49. The first-order chi connectivity index (χ1) is 21.9. The lowest BCUT2D eigenvalue weighted by atomic mass is 9.44. The Morgan fingerprint density at radius 2 is 1.70 bits per heavy atom. The normalized spacial score (nSPS) is 38.7. The highest BCUT2D eigenvalue weighted by atomic mass is 16.6. The van der Waals surface area contributed by atoms with E-state index < -0.39 is 88.1 Å². The summed E-state index contributed by atoms with van der Waals surface area (Å²) in [4.78, 5) is 54.7. The van der Waals surface area contributed by atoms with Crippen LogP contribution in [0.15, 0.2) is 41.5 Å². The molecule has 2 bridgehead atoms. The number of benzene rings is 1. The van der Waals surface area contributed by atoms with Gasteiger partial charge in [0.05, 0.1) is 35.5 Å². The van der Waals surface area contributed by atoms with Crippen molar-refractivity contribution in [3.8, 4) is 0 Å². The summed E-state index contributed by atoms with van der Waals surface area (Å²) in [6.07, 6.45) is -7.36. The van der Waals surface area contributed by atoms with Gasteiger partial charge in [-0.3, -0.25) is 14.4 Å². The van der Waals surface area contributed by atoms with Gasteiger partial charge in [-0.1, -0.05) is 39.0 Å². The van der Waals surface area contributed by atoms with E-state index in [1.807, 2.05) is 6.92 Å². The lowest BCUT2D eigenvalue weighted by Gasteiger charge is -2.67. The van der Waals surface area contributed by atoms with E-state index >= 15 is 0 Å². The van der Waals surface area contributed by atoms with Crippen LogP contribution in [0.3, 0.4) is 0 Å². The number of nitrogens with one attached hydrogen (secondary N) is 1. The number of rotatable bonds is 7. The Kier molecular flexibility index (Phi) is 9.02. The van der Waals surface area contributed by atoms with Crippen molar-refractivity contribution in [3.63, 3.8) is 0 Å². The van der Waals surface area contributed by atoms with Crippen LogP contribution in [0.25, 0.3) is 0 Å². The highest BCUT2D eigenvalue weighted by Crippen LogP contribution is 2.64. The van der Waals surface area contributed by atoms with Crippen LogP contribution in [0.2, 0.25) is 0 Å². The predicted octanol–water partition coefficient (Wildman–Crippen LogP) is 1.88. The number of carbonyl (C=O) groups is 4. The van der Waals surface area contributed by atoms with Crippen molar-refractivity contribution in [3.05, 3.63) is 47.0 Å². The fraction of sp³-hybridized carbons (Fsp3) is 0.657. The highest BCUT2D eigenvalue weighted by Gasteiger charge is 2.78. The van der Waals surface area contributed by atoms with Crippen molar-refractivity contribution < 1.29 is 53.4 Å². The summed E-state index contributed by atoms with van der Waals surface area (Å²) in [6.45, 7) is 10.9. The molecule has 11 atom stereocenters. The van der Waals surface area contributed by atoms with E-state index in [-0.39, 0.29) is 36.6 Å². The molecule has 1 aromatic carbocycles. The maximum atomic E-state index is 14.7. The standard InChI is InChI=1S/C35H47NO11/c1-17(19(3)36-8)30(41)45-22-15-35(43)29(46-31(42)21-12-10-9-11-13-21)27-33(7,28(40)26(39)25(18(22)2)32(35,5)6)23(38)14-24-34(27,16-44-24)47-20(4)37/h9-13,17,19,22-24,26-27,29,36,38-39,43H,14-16H2,1-8H3/t17-,19+,22+,23+,24-,26-,27?,29+,33-,34-,35-/m1/s1. The molecular weight excluding hydrogens is 610 g/mol. The van der Waals surface area contributed by atoms with E-state index in [0.29, 0.717) is 5.57 Å². The summed E-state index contributed by atoms with van der Waals surface area (Å²) in [6, 6.07) is 7.83. The van der Waals surface area contributed by atoms with Gasteiger partial charge in [-0.25, -0.2) is 4.79 Å². The molecule has 1 unspecified atom stereocenters. The Hall–Kier alpha value is -3.16. The molecule has 0 amide bonds. The molecule has 0 aromatic heterocycles. The molecule has 258 valence electrons. The third-order valence-electron chi connectivity index (χ3n) is 11.8. The van der Waals surface area contributed by atoms with E-state index in [1.165, 1.54) is 26.0 Å². The molecule has 2 saturated carbocycles. The Bertz CT molecular complexity index is 1470. The molecule has 12 heteroatoms. The van der Waals surface area contributed by atoms with Gasteiger partial charge in [0.2, 0.25) is 0 Å². The van der Waals surface area contributed by atoms with Crippen molar-refractivity contribution in [2.45, 2.75) is 109 Å². The summed E-state index contributed by atoms with van der Waals surface area (Å²) in [7, 11) is 1.71. The minimum absolute atomic E-state index is 0.101. The number of Topliss-reactive ketones (excluding diaryl/α,β-unsaturated/α-hetero) is 1. The average Bonchev–Trinajstić information content (AvgIpc) is 3.02. The Labute approximate surface area is 274 Å². The van der Waals surface area contributed by atoms with Gasteiger partial charge in [-0.05, 0) is 51.1 Å². The molecule has 0 radical (unpaired) electrons. The number of aliphatic hydroxyl groups excluding tert-OH is 2. The maximum absolute atomic E-state index is 14.7. The first-order valence-electron chi connectivity index (χ1n) is 16.2. The lowest BCUT2D eigenvalue weighted by molar-refractivity contribution is -0.346. The Morgan fingerprint density at radius 3 is 2.26 bits per heavy atom. The van der Waals surface area contributed by atoms with E-state index in [9.17, 15) is 34.5 Å². The molecule has 0 spiro atoms. The van der Waals surface area contributed by atoms with Crippen molar-refractivity contribution in [1.29, 1.82) is 0 Å². The van der Waals surface area contributed by atoms with E-state index in [4.69, 9.17) is 18.9 Å². The van der Waals surface area contributed by atoms with Crippen LogP contribution in [-0.2, 0) is 33.3 Å². The van der Waals surface area contributed by atoms with E-state index in [1.54, 1.807) is 52.9 Å². The first-order valence-corrected chi connectivity index (χ1v) is 16.2. The Morgan fingerprint density at radius 1 is 1.06 bits per heavy atom. The number of hydrogen-bond donors (Lipinski definition) is 4. The average molecular weight is 658 g/mol. The number of ether oxygens (including phenoxy) is 4. The van der Waals surface area contributed by atoms with Gasteiger partial charge in [-0.15, -0.1) is 0 Å². The zero-order valence-corrected chi connectivity index (χ0v) is 28.2. The van der Waals surface area contributed by atoms with Gasteiger partial charge in [0.1, 0.15) is 30.0 Å². The van der Waals surface area contributed by atoms with E-state index in [0.717, 1.165) is 0 Å². The van der Waals surface area contributed by atoms with Gasteiger partial charge in [0.15, 0.2) is 11.4 Å². The zero-order chi connectivity index (χ0) is 34.9. The smallest absolute Gasteiger partial charge is 0.338 e. The molecule has 3 aliphatic carbocycles. The second kappa shape index (κ2) is 12.1. The molecule has 1 aliphatic heterocycles. The zero-order valence-electron chi connectivity index (χ0n) is 28.2. The second-order valence-electron chi connectivity index (χ2n) is 14.5. The molecule has 4 N–H and O–H groups in total. The van der Waals surface area contributed by atoms with Gasteiger partial charge in [-0.2, -0.15) is 0 Å². The minimum atomic E-state index is -2.15. The number of esters is 3. The third kappa shape index (κ3) is 5.15. The Balaban J connectivity index is 1.77.